The van der Waals surface area contributed by atoms with Crippen LogP contribution in [-0.4, -0.2) is 32.0 Å². The molecule has 1 rings (SSSR count). The summed E-state index contributed by atoms with van der Waals surface area (Å²) in [7, 11) is -3.69. The number of nitrogens with zero attached hydrogens (tertiary/aromatic N) is 1. The fourth-order valence-electron chi connectivity index (χ4n) is 1.23. The second-order valence-corrected chi connectivity index (χ2v) is 4.73. The molecule has 0 radical (unpaired) electrons. The monoisotopic (exact) mass is 196 g/mol. The van der Waals surface area contributed by atoms with Crippen molar-refractivity contribution in [3.8, 4) is 0 Å². The molecule has 2 atom stereocenters. The van der Waals surface area contributed by atoms with Crippen LogP contribution < -0.4 is 5.14 Å². The Bertz CT molecular complexity index is 254. The van der Waals surface area contributed by atoms with Crippen molar-refractivity contribution in [1.29, 1.82) is 0 Å². The van der Waals surface area contributed by atoms with E-state index in [0.717, 1.165) is 4.31 Å². The van der Waals surface area contributed by atoms with Crippen LogP contribution in [0.1, 0.15) is 13.3 Å². The Morgan fingerprint density at radius 3 is 2.58 bits per heavy atom. The minimum Gasteiger partial charge on any atom is -0.246 e. The molecule has 0 spiro atoms. The zero-order valence-corrected chi connectivity index (χ0v) is 7.72. The first-order valence-electron chi connectivity index (χ1n) is 3.83. The zero-order valence-electron chi connectivity index (χ0n) is 6.90. The number of alkyl halides is 1. The Kier molecular flexibility index (Phi) is 2.70. The van der Waals surface area contributed by atoms with Gasteiger partial charge in [-0.1, -0.05) is 6.92 Å². The number of hydrogen-bond donors (Lipinski definition) is 1. The van der Waals surface area contributed by atoms with Crippen LogP contribution in [0.2, 0.25) is 0 Å². The third-order valence-electron chi connectivity index (χ3n) is 2.19. The molecule has 1 heterocycles. The van der Waals surface area contributed by atoms with Crippen molar-refractivity contribution in [2.45, 2.75) is 19.5 Å². The van der Waals surface area contributed by atoms with E-state index >= 15 is 0 Å². The van der Waals surface area contributed by atoms with Crippen LogP contribution in [0.25, 0.3) is 0 Å². The number of rotatable bonds is 1. The first-order valence-corrected chi connectivity index (χ1v) is 5.33. The highest BCUT2D eigenvalue weighted by molar-refractivity contribution is 7.86. The van der Waals surface area contributed by atoms with E-state index in [2.05, 4.69) is 0 Å². The molecule has 72 valence electrons. The van der Waals surface area contributed by atoms with E-state index in [9.17, 15) is 12.8 Å². The topological polar surface area (TPSA) is 63.4 Å². The highest BCUT2D eigenvalue weighted by Crippen LogP contribution is 2.20. The Labute approximate surface area is 71.7 Å². The van der Waals surface area contributed by atoms with Gasteiger partial charge in [-0.05, 0) is 12.3 Å². The van der Waals surface area contributed by atoms with Crippen LogP contribution in [-0.2, 0) is 10.2 Å². The fourth-order valence-corrected chi connectivity index (χ4v) is 1.94. The van der Waals surface area contributed by atoms with Crippen molar-refractivity contribution in [3.05, 3.63) is 0 Å². The Morgan fingerprint density at radius 1 is 1.58 bits per heavy atom. The van der Waals surface area contributed by atoms with E-state index in [1.807, 2.05) is 0 Å². The van der Waals surface area contributed by atoms with Gasteiger partial charge in [-0.15, -0.1) is 0 Å². The molecule has 0 aliphatic carbocycles. The van der Waals surface area contributed by atoms with E-state index < -0.39 is 16.4 Å². The molecule has 0 saturated carbocycles. The molecule has 0 amide bonds. The lowest BCUT2D eigenvalue weighted by molar-refractivity contribution is 0.144. The lowest BCUT2D eigenvalue weighted by atomic mass is 9.99. The maximum Gasteiger partial charge on any atom is 0.276 e. The van der Waals surface area contributed by atoms with Crippen molar-refractivity contribution < 1.29 is 12.8 Å². The molecule has 6 heteroatoms. The van der Waals surface area contributed by atoms with Gasteiger partial charge in [0, 0.05) is 13.1 Å². The van der Waals surface area contributed by atoms with Gasteiger partial charge in [0.05, 0.1) is 0 Å². The molecule has 12 heavy (non-hydrogen) atoms. The quantitative estimate of drug-likeness (QED) is 0.635. The van der Waals surface area contributed by atoms with Crippen molar-refractivity contribution in [3.63, 3.8) is 0 Å². The first kappa shape index (κ1) is 9.88. The zero-order chi connectivity index (χ0) is 9.35. The molecule has 4 nitrogen and oxygen atoms in total. The molecule has 0 aromatic heterocycles. The molecule has 1 fully saturated rings. The van der Waals surface area contributed by atoms with Gasteiger partial charge in [-0.3, -0.25) is 0 Å². The van der Waals surface area contributed by atoms with Crippen LogP contribution in [0.4, 0.5) is 4.39 Å². The molecular weight excluding hydrogens is 183 g/mol. The highest BCUT2D eigenvalue weighted by atomic mass is 32.2. The number of hydrogen-bond acceptors (Lipinski definition) is 2. The summed E-state index contributed by atoms with van der Waals surface area (Å²) >= 11 is 0. The minimum atomic E-state index is -3.69. The summed E-state index contributed by atoms with van der Waals surface area (Å²) in [5, 5.41) is 4.85. The third-order valence-corrected chi connectivity index (χ3v) is 3.24. The summed E-state index contributed by atoms with van der Waals surface area (Å²) in [4.78, 5) is 0. The molecule has 1 aliphatic rings. The van der Waals surface area contributed by atoms with Crippen LogP contribution in [0.15, 0.2) is 0 Å². The van der Waals surface area contributed by atoms with E-state index in [0.29, 0.717) is 13.0 Å². The second kappa shape index (κ2) is 3.27. The highest BCUT2D eigenvalue weighted by Gasteiger charge is 2.30. The van der Waals surface area contributed by atoms with Crippen molar-refractivity contribution >= 4 is 10.2 Å². The largest absolute Gasteiger partial charge is 0.276 e. The predicted molar refractivity (Wildman–Crippen MR) is 43.4 cm³/mol. The SMILES string of the molecule is CC1CCN(S(N)(=O)=O)CC1F. The summed E-state index contributed by atoms with van der Waals surface area (Å²) < 4.78 is 35.5. The van der Waals surface area contributed by atoms with E-state index in [-0.39, 0.29) is 12.5 Å². The molecule has 2 N–H and O–H groups in total. The number of halogens is 1. The van der Waals surface area contributed by atoms with Gasteiger partial charge in [-0.2, -0.15) is 12.7 Å². The second-order valence-electron chi connectivity index (χ2n) is 3.18. The summed E-state index contributed by atoms with van der Waals surface area (Å²) in [6, 6.07) is 0. The molecule has 0 aromatic rings. The Balaban J connectivity index is 2.64. The minimum absolute atomic E-state index is 0.0667. The summed E-state index contributed by atoms with van der Waals surface area (Å²) in [6.45, 7) is 2.01. The molecule has 1 aliphatic heterocycles. The summed E-state index contributed by atoms with van der Waals surface area (Å²) in [5.41, 5.74) is 0. The standard InChI is InChI=1S/C6H13FN2O2S/c1-5-2-3-9(4-6(5)7)12(8,10)11/h5-6H,2-4H2,1H3,(H2,8,10,11). The Morgan fingerprint density at radius 2 is 2.17 bits per heavy atom. The maximum atomic E-state index is 13.0. The lowest BCUT2D eigenvalue weighted by Gasteiger charge is -2.30. The van der Waals surface area contributed by atoms with Gasteiger partial charge >= 0.3 is 0 Å². The van der Waals surface area contributed by atoms with E-state index in [1.54, 1.807) is 6.92 Å². The summed E-state index contributed by atoms with van der Waals surface area (Å²) in [5.74, 6) is -0.0667. The van der Waals surface area contributed by atoms with Gasteiger partial charge in [-0.25, -0.2) is 9.53 Å². The average molecular weight is 196 g/mol. The van der Waals surface area contributed by atoms with Crippen molar-refractivity contribution in [2.24, 2.45) is 11.1 Å². The normalized spacial score (nSPS) is 33.6. The van der Waals surface area contributed by atoms with E-state index in [1.165, 1.54) is 0 Å². The Hall–Kier alpha value is -0.200. The van der Waals surface area contributed by atoms with Crippen LogP contribution in [0.3, 0.4) is 0 Å². The summed E-state index contributed by atoms with van der Waals surface area (Å²) in [6.07, 6.45) is -0.547. The predicted octanol–water partition coefficient (Wildman–Crippen LogP) is -0.130. The van der Waals surface area contributed by atoms with Crippen molar-refractivity contribution in [2.75, 3.05) is 13.1 Å². The van der Waals surface area contributed by atoms with Gasteiger partial charge in [0.1, 0.15) is 6.17 Å². The molecule has 0 aromatic carbocycles. The maximum absolute atomic E-state index is 13.0. The number of nitrogens with two attached hydrogens (primary N) is 1. The molecule has 1 saturated heterocycles. The van der Waals surface area contributed by atoms with Gasteiger partial charge < -0.3 is 0 Å². The lowest BCUT2D eigenvalue weighted by Crippen LogP contribution is -2.46. The molecular formula is C6H13FN2O2S. The van der Waals surface area contributed by atoms with Gasteiger partial charge in [0.25, 0.3) is 10.2 Å². The smallest absolute Gasteiger partial charge is 0.246 e. The number of piperidine rings is 1. The third kappa shape index (κ3) is 2.15. The fraction of sp³-hybridized carbons (Fsp3) is 1.00. The van der Waals surface area contributed by atoms with Crippen LogP contribution in [0, 0.1) is 5.92 Å². The van der Waals surface area contributed by atoms with Crippen LogP contribution in [0.5, 0.6) is 0 Å². The molecule has 0 bridgehead atoms. The van der Waals surface area contributed by atoms with Crippen molar-refractivity contribution in [1.82, 2.24) is 4.31 Å². The van der Waals surface area contributed by atoms with Gasteiger partial charge in [0.15, 0.2) is 0 Å². The first-order chi connectivity index (χ1) is 5.41. The molecule has 2 unspecified atom stereocenters. The van der Waals surface area contributed by atoms with Crippen LogP contribution >= 0.6 is 0 Å². The average Bonchev–Trinajstić information content (AvgIpc) is 1.92. The van der Waals surface area contributed by atoms with Gasteiger partial charge in [0.2, 0.25) is 0 Å². The van der Waals surface area contributed by atoms with E-state index in [4.69, 9.17) is 5.14 Å².